The topological polar surface area (TPSA) is 68.4 Å². The summed E-state index contributed by atoms with van der Waals surface area (Å²) in [5.41, 5.74) is 2.13. The third-order valence-corrected chi connectivity index (χ3v) is 2.85. The van der Waals surface area contributed by atoms with Gasteiger partial charge in [-0.2, -0.15) is 0 Å². The van der Waals surface area contributed by atoms with Crippen LogP contribution < -0.4 is 4.74 Å². The van der Waals surface area contributed by atoms with E-state index in [0.717, 1.165) is 16.6 Å². The number of ether oxygens (including phenoxy) is 1. The van der Waals surface area contributed by atoms with Gasteiger partial charge in [-0.25, -0.2) is 4.98 Å². The summed E-state index contributed by atoms with van der Waals surface area (Å²) >= 11 is 0. The molecule has 0 aliphatic rings. The minimum Gasteiger partial charge on any atom is -0.491 e. The number of rotatable bonds is 4. The summed E-state index contributed by atoms with van der Waals surface area (Å²) in [5.74, 6) is 0.684. The van der Waals surface area contributed by atoms with Crippen LogP contribution in [0, 0.1) is 0 Å². The van der Waals surface area contributed by atoms with E-state index in [4.69, 9.17) is 9.26 Å². The first kappa shape index (κ1) is 12.6. The highest BCUT2D eigenvalue weighted by Gasteiger charge is 2.11. The standard InChI is InChI=1S/C15H14N2O3/c1-10(18)9-19-12-5-2-4-11(8-12)14-13-6-3-7-16-15(13)20-17-14/h2-8,10,18H,9H2,1H3. The molecule has 0 aliphatic heterocycles. The van der Waals surface area contributed by atoms with Gasteiger partial charge < -0.3 is 14.4 Å². The monoisotopic (exact) mass is 270 g/mol. The van der Waals surface area contributed by atoms with E-state index < -0.39 is 6.10 Å². The zero-order valence-electron chi connectivity index (χ0n) is 11.0. The van der Waals surface area contributed by atoms with Crippen molar-refractivity contribution in [1.29, 1.82) is 0 Å². The third-order valence-electron chi connectivity index (χ3n) is 2.85. The van der Waals surface area contributed by atoms with Gasteiger partial charge in [-0.3, -0.25) is 0 Å². The molecule has 0 amide bonds. The fourth-order valence-corrected chi connectivity index (χ4v) is 1.94. The predicted molar refractivity (Wildman–Crippen MR) is 74.4 cm³/mol. The smallest absolute Gasteiger partial charge is 0.258 e. The number of pyridine rings is 1. The molecule has 3 aromatic rings. The second-order valence-electron chi connectivity index (χ2n) is 4.58. The normalized spacial score (nSPS) is 12.5. The first-order valence-corrected chi connectivity index (χ1v) is 6.36. The molecule has 5 nitrogen and oxygen atoms in total. The lowest BCUT2D eigenvalue weighted by atomic mass is 10.1. The fraction of sp³-hybridized carbons (Fsp3) is 0.200. The number of nitrogens with zero attached hydrogens (tertiary/aromatic N) is 2. The molecule has 0 radical (unpaired) electrons. The van der Waals surface area contributed by atoms with Crippen molar-refractivity contribution in [2.24, 2.45) is 0 Å². The summed E-state index contributed by atoms with van der Waals surface area (Å²) in [6.07, 6.45) is 1.16. The van der Waals surface area contributed by atoms with E-state index in [-0.39, 0.29) is 6.61 Å². The Bertz CT molecular complexity index is 722. The Labute approximate surface area is 115 Å². The van der Waals surface area contributed by atoms with Gasteiger partial charge in [-0.1, -0.05) is 17.3 Å². The molecule has 5 heteroatoms. The first-order chi connectivity index (χ1) is 9.74. The molecule has 102 valence electrons. The largest absolute Gasteiger partial charge is 0.491 e. The van der Waals surface area contributed by atoms with Gasteiger partial charge in [0.05, 0.1) is 11.5 Å². The number of benzene rings is 1. The molecule has 1 unspecified atom stereocenters. The quantitative estimate of drug-likeness (QED) is 0.789. The molecule has 3 rings (SSSR count). The summed E-state index contributed by atoms with van der Waals surface area (Å²) in [6.45, 7) is 1.94. The van der Waals surface area contributed by atoms with Crippen molar-refractivity contribution in [3.05, 3.63) is 42.6 Å². The SMILES string of the molecule is CC(O)COc1cccc(-c2noc3ncccc23)c1. The Balaban J connectivity index is 1.95. The minimum absolute atomic E-state index is 0.255. The average Bonchev–Trinajstić information content (AvgIpc) is 2.89. The van der Waals surface area contributed by atoms with Crippen molar-refractivity contribution in [2.75, 3.05) is 6.61 Å². The number of aromatic nitrogens is 2. The molecule has 1 N–H and O–H groups in total. The minimum atomic E-state index is -0.504. The van der Waals surface area contributed by atoms with E-state index >= 15 is 0 Å². The number of aliphatic hydroxyl groups excluding tert-OH is 1. The van der Waals surface area contributed by atoms with Gasteiger partial charge in [-0.15, -0.1) is 0 Å². The molecule has 20 heavy (non-hydrogen) atoms. The second kappa shape index (κ2) is 5.30. The molecular formula is C15H14N2O3. The molecular weight excluding hydrogens is 256 g/mol. The lowest BCUT2D eigenvalue weighted by Gasteiger charge is -2.08. The fourth-order valence-electron chi connectivity index (χ4n) is 1.94. The molecule has 0 spiro atoms. The van der Waals surface area contributed by atoms with Crippen LogP contribution in [-0.2, 0) is 0 Å². The van der Waals surface area contributed by atoms with E-state index in [1.165, 1.54) is 0 Å². The number of aliphatic hydroxyl groups is 1. The Morgan fingerprint density at radius 1 is 1.30 bits per heavy atom. The van der Waals surface area contributed by atoms with E-state index in [1.54, 1.807) is 13.1 Å². The van der Waals surface area contributed by atoms with Gasteiger partial charge in [0.15, 0.2) is 0 Å². The van der Waals surface area contributed by atoms with Crippen molar-refractivity contribution in [3.8, 4) is 17.0 Å². The summed E-state index contributed by atoms with van der Waals surface area (Å²) in [5, 5.41) is 14.2. The van der Waals surface area contributed by atoms with Crippen molar-refractivity contribution in [3.63, 3.8) is 0 Å². The van der Waals surface area contributed by atoms with Crippen LogP contribution in [-0.4, -0.2) is 28.0 Å². The molecule has 1 atom stereocenters. The van der Waals surface area contributed by atoms with Gasteiger partial charge in [0.2, 0.25) is 0 Å². The van der Waals surface area contributed by atoms with Crippen LogP contribution in [0.2, 0.25) is 0 Å². The number of fused-ring (bicyclic) bond motifs is 1. The van der Waals surface area contributed by atoms with Gasteiger partial charge in [-0.05, 0) is 31.2 Å². The van der Waals surface area contributed by atoms with E-state index in [9.17, 15) is 5.11 Å². The Morgan fingerprint density at radius 2 is 2.20 bits per heavy atom. The van der Waals surface area contributed by atoms with Crippen LogP contribution in [0.25, 0.3) is 22.4 Å². The molecule has 0 saturated carbocycles. The summed E-state index contributed by atoms with van der Waals surface area (Å²) in [6, 6.07) is 11.3. The molecule has 2 aromatic heterocycles. The molecule has 2 heterocycles. The van der Waals surface area contributed by atoms with E-state index in [0.29, 0.717) is 11.5 Å². The number of hydrogen-bond acceptors (Lipinski definition) is 5. The lowest BCUT2D eigenvalue weighted by molar-refractivity contribution is 0.123. The predicted octanol–water partition coefficient (Wildman–Crippen LogP) is 2.65. The second-order valence-corrected chi connectivity index (χ2v) is 4.58. The molecule has 0 saturated heterocycles. The highest BCUT2D eigenvalue weighted by molar-refractivity contribution is 5.89. The maximum atomic E-state index is 9.25. The third kappa shape index (κ3) is 2.48. The maximum Gasteiger partial charge on any atom is 0.258 e. The molecule has 0 fully saturated rings. The van der Waals surface area contributed by atoms with Gasteiger partial charge in [0.1, 0.15) is 18.1 Å². The first-order valence-electron chi connectivity index (χ1n) is 6.36. The number of hydrogen-bond donors (Lipinski definition) is 1. The summed E-state index contributed by atoms with van der Waals surface area (Å²) in [4.78, 5) is 4.12. The van der Waals surface area contributed by atoms with Crippen LogP contribution in [0.4, 0.5) is 0 Å². The summed E-state index contributed by atoms with van der Waals surface area (Å²) < 4.78 is 10.7. The van der Waals surface area contributed by atoms with Gasteiger partial charge in [0, 0.05) is 11.8 Å². The Morgan fingerprint density at radius 3 is 3.05 bits per heavy atom. The molecule has 0 aliphatic carbocycles. The highest BCUT2D eigenvalue weighted by atomic mass is 16.5. The van der Waals surface area contributed by atoms with Crippen molar-refractivity contribution >= 4 is 11.1 Å². The van der Waals surface area contributed by atoms with Gasteiger partial charge >= 0.3 is 0 Å². The Kier molecular flexibility index (Phi) is 3.35. The van der Waals surface area contributed by atoms with Crippen molar-refractivity contribution in [2.45, 2.75) is 13.0 Å². The maximum absolute atomic E-state index is 9.25. The van der Waals surface area contributed by atoms with Crippen LogP contribution in [0.1, 0.15) is 6.92 Å². The van der Waals surface area contributed by atoms with Crippen molar-refractivity contribution < 1.29 is 14.4 Å². The van der Waals surface area contributed by atoms with Crippen LogP contribution in [0.15, 0.2) is 47.1 Å². The zero-order valence-corrected chi connectivity index (χ0v) is 11.0. The lowest BCUT2D eigenvalue weighted by Crippen LogP contribution is -2.12. The van der Waals surface area contributed by atoms with Crippen molar-refractivity contribution in [1.82, 2.24) is 10.1 Å². The van der Waals surface area contributed by atoms with Crippen LogP contribution in [0.5, 0.6) is 5.75 Å². The van der Waals surface area contributed by atoms with Gasteiger partial charge in [0.25, 0.3) is 5.71 Å². The Hall–Kier alpha value is -2.40. The van der Waals surface area contributed by atoms with E-state index in [1.807, 2.05) is 36.4 Å². The zero-order chi connectivity index (χ0) is 13.9. The molecule has 0 bridgehead atoms. The van der Waals surface area contributed by atoms with E-state index in [2.05, 4.69) is 10.1 Å². The summed E-state index contributed by atoms with van der Waals surface area (Å²) in [7, 11) is 0. The van der Waals surface area contributed by atoms with Crippen LogP contribution >= 0.6 is 0 Å². The molecule has 1 aromatic carbocycles. The average molecular weight is 270 g/mol. The van der Waals surface area contributed by atoms with Crippen LogP contribution in [0.3, 0.4) is 0 Å². The highest BCUT2D eigenvalue weighted by Crippen LogP contribution is 2.28.